The molecule has 1 atom stereocenters. The van der Waals surface area contributed by atoms with Gasteiger partial charge >= 0.3 is 5.97 Å². The number of ether oxygens (including phenoxy) is 2. The number of halogens is 1. The predicted octanol–water partition coefficient (Wildman–Crippen LogP) is 4.97. The minimum Gasteiger partial charge on any atom is -0.496 e. The third kappa shape index (κ3) is 6.98. The summed E-state index contributed by atoms with van der Waals surface area (Å²) >= 11 is 6.50. The summed E-state index contributed by atoms with van der Waals surface area (Å²) in [4.78, 5) is 35.3. The van der Waals surface area contributed by atoms with Crippen molar-refractivity contribution >= 4 is 35.5 Å². The number of hydrogen-bond acceptors (Lipinski definition) is 6. The number of benzene rings is 2. The number of aldehydes is 1. The molecule has 8 heteroatoms. The van der Waals surface area contributed by atoms with Crippen molar-refractivity contribution in [1.29, 1.82) is 0 Å². The van der Waals surface area contributed by atoms with E-state index in [2.05, 4.69) is 10.6 Å². The Morgan fingerprint density at radius 2 is 1.86 bits per heavy atom. The van der Waals surface area contributed by atoms with E-state index in [0.717, 1.165) is 43.1 Å². The zero-order chi connectivity index (χ0) is 25.4. The molecule has 0 radical (unpaired) electrons. The van der Waals surface area contributed by atoms with Gasteiger partial charge < -0.3 is 24.9 Å². The summed E-state index contributed by atoms with van der Waals surface area (Å²) in [5.41, 5.74) is 3.00. The number of rotatable bonds is 10. The first kappa shape index (κ1) is 26.5. The first-order chi connectivity index (χ1) is 16.9. The number of esters is 1. The Kier molecular flexibility index (Phi) is 9.55. The molecule has 1 aliphatic carbocycles. The summed E-state index contributed by atoms with van der Waals surface area (Å²) in [6.45, 7) is 2.55. The van der Waals surface area contributed by atoms with E-state index >= 15 is 0 Å². The van der Waals surface area contributed by atoms with Crippen LogP contribution in [0.5, 0.6) is 5.75 Å². The molecule has 1 amide bonds. The molecule has 7 nitrogen and oxygen atoms in total. The van der Waals surface area contributed by atoms with Crippen LogP contribution in [-0.4, -0.2) is 38.9 Å². The molecular weight excluding hydrogens is 468 g/mol. The zero-order valence-electron chi connectivity index (χ0n) is 20.4. The van der Waals surface area contributed by atoms with E-state index in [-0.39, 0.29) is 23.8 Å². The fourth-order valence-electron chi connectivity index (χ4n) is 4.54. The second-order valence-electron chi connectivity index (χ2n) is 8.96. The molecule has 1 unspecified atom stereocenters. The lowest BCUT2D eigenvalue weighted by molar-refractivity contribution is -0.146. The average molecular weight is 501 g/mol. The maximum Gasteiger partial charge on any atom is 0.308 e. The van der Waals surface area contributed by atoms with Crippen LogP contribution in [0.3, 0.4) is 0 Å². The number of anilines is 1. The monoisotopic (exact) mass is 500 g/mol. The third-order valence-corrected chi connectivity index (χ3v) is 6.93. The highest BCUT2D eigenvalue weighted by molar-refractivity contribution is 6.33. The molecule has 1 fully saturated rings. The van der Waals surface area contributed by atoms with Crippen molar-refractivity contribution in [3.8, 4) is 5.75 Å². The lowest BCUT2D eigenvalue weighted by Crippen LogP contribution is -2.32. The van der Waals surface area contributed by atoms with Crippen molar-refractivity contribution in [3.05, 3.63) is 58.1 Å². The van der Waals surface area contributed by atoms with E-state index in [0.29, 0.717) is 40.9 Å². The SMILES string of the molecule is COc1ccc(CC=O)cc1C(C)Nc1ccc(C(=O)NC[C@H]2CC[C@H](C(=O)OC)CC2)cc1Cl. The van der Waals surface area contributed by atoms with Gasteiger partial charge in [0.15, 0.2) is 0 Å². The molecule has 188 valence electrons. The van der Waals surface area contributed by atoms with Crippen LogP contribution in [0.1, 0.15) is 60.1 Å². The molecule has 2 N–H and O–H groups in total. The second kappa shape index (κ2) is 12.6. The second-order valence-corrected chi connectivity index (χ2v) is 9.37. The lowest BCUT2D eigenvalue weighted by Gasteiger charge is -2.27. The Labute approximate surface area is 211 Å². The molecule has 35 heavy (non-hydrogen) atoms. The molecule has 0 heterocycles. The van der Waals surface area contributed by atoms with Gasteiger partial charge in [-0.3, -0.25) is 9.59 Å². The minimum atomic E-state index is -0.176. The fraction of sp³-hybridized carbons (Fsp3) is 0.444. The number of carbonyl (C=O) groups excluding carboxylic acids is 3. The predicted molar refractivity (Wildman–Crippen MR) is 136 cm³/mol. The number of methoxy groups -OCH3 is 2. The van der Waals surface area contributed by atoms with Gasteiger partial charge in [-0.05, 0) is 74.4 Å². The van der Waals surface area contributed by atoms with Gasteiger partial charge in [-0.15, -0.1) is 0 Å². The van der Waals surface area contributed by atoms with Gasteiger partial charge in [-0.2, -0.15) is 0 Å². The van der Waals surface area contributed by atoms with Crippen molar-refractivity contribution in [2.24, 2.45) is 11.8 Å². The summed E-state index contributed by atoms with van der Waals surface area (Å²) in [5, 5.41) is 6.80. The normalized spacial score (nSPS) is 18.3. The summed E-state index contributed by atoms with van der Waals surface area (Å²) < 4.78 is 10.3. The molecule has 0 aromatic heterocycles. The highest BCUT2D eigenvalue weighted by Crippen LogP contribution is 2.32. The molecular formula is C27H33ClN2O5. The number of hydrogen-bond donors (Lipinski definition) is 2. The molecule has 0 aliphatic heterocycles. The summed E-state index contributed by atoms with van der Waals surface area (Å²) in [6.07, 6.45) is 4.57. The lowest BCUT2D eigenvalue weighted by atomic mass is 9.82. The highest BCUT2D eigenvalue weighted by Gasteiger charge is 2.27. The Bertz CT molecular complexity index is 1050. The molecule has 0 spiro atoms. The Morgan fingerprint density at radius 1 is 1.11 bits per heavy atom. The van der Waals surface area contributed by atoms with Crippen LogP contribution < -0.4 is 15.4 Å². The topological polar surface area (TPSA) is 93.7 Å². The number of amides is 1. The molecule has 0 saturated heterocycles. The first-order valence-corrected chi connectivity index (χ1v) is 12.3. The molecule has 0 bridgehead atoms. The van der Waals surface area contributed by atoms with Crippen LogP contribution in [0.2, 0.25) is 5.02 Å². The maximum absolute atomic E-state index is 12.7. The van der Waals surface area contributed by atoms with E-state index in [1.165, 1.54) is 7.11 Å². The van der Waals surface area contributed by atoms with Crippen LogP contribution >= 0.6 is 11.6 Å². The van der Waals surface area contributed by atoms with E-state index in [9.17, 15) is 14.4 Å². The summed E-state index contributed by atoms with van der Waals surface area (Å²) in [5.74, 6) is 0.720. The number of carbonyl (C=O) groups is 3. The van der Waals surface area contributed by atoms with Gasteiger partial charge in [0.2, 0.25) is 0 Å². The van der Waals surface area contributed by atoms with Gasteiger partial charge in [0.1, 0.15) is 12.0 Å². The largest absolute Gasteiger partial charge is 0.496 e. The third-order valence-electron chi connectivity index (χ3n) is 6.62. The van der Waals surface area contributed by atoms with Crippen molar-refractivity contribution < 1.29 is 23.9 Å². The van der Waals surface area contributed by atoms with Crippen molar-refractivity contribution in [2.45, 2.75) is 45.1 Å². The van der Waals surface area contributed by atoms with Gasteiger partial charge in [-0.25, -0.2) is 0 Å². The first-order valence-electron chi connectivity index (χ1n) is 11.9. The van der Waals surface area contributed by atoms with Crippen LogP contribution in [0.15, 0.2) is 36.4 Å². The highest BCUT2D eigenvalue weighted by atomic mass is 35.5. The maximum atomic E-state index is 12.7. The average Bonchev–Trinajstić information content (AvgIpc) is 2.88. The minimum absolute atomic E-state index is 0.0272. The number of nitrogens with one attached hydrogen (secondary N) is 2. The van der Waals surface area contributed by atoms with Gasteiger partial charge in [0.05, 0.1) is 36.9 Å². The van der Waals surface area contributed by atoms with Crippen LogP contribution in [0.25, 0.3) is 0 Å². The van der Waals surface area contributed by atoms with E-state index < -0.39 is 0 Å². The smallest absolute Gasteiger partial charge is 0.308 e. The van der Waals surface area contributed by atoms with Crippen molar-refractivity contribution in [1.82, 2.24) is 5.32 Å². The Balaban J connectivity index is 1.58. The molecule has 1 aliphatic rings. The van der Waals surface area contributed by atoms with Crippen molar-refractivity contribution in [3.63, 3.8) is 0 Å². The fourth-order valence-corrected chi connectivity index (χ4v) is 4.77. The van der Waals surface area contributed by atoms with Crippen LogP contribution in [0.4, 0.5) is 5.69 Å². The standard InChI is InChI=1S/C27H33ClN2O5/c1-17(22-14-18(12-13-31)6-11-25(22)34-2)30-24-10-9-21(15-23(24)28)26(32)29-16-19-4-7-20(8-5-19)27(33)35-3/h6,9-11,13-15,17,19-20,30H,4-5,7-8,12,16H2,1-3H3,(H,29,32)/t17?,19-,20-. The van der Waals surface area contributed by atoms with Crippen LogP contribution in [-0.2, 0) is 20.7 Å². The zero-order valence-corrected chi connectivity index (χ0v) is 21.2. The van der Waals surface area contributed by atoms with Gasteiger partial charge in [0.25, 0.3) is 5.91 Å². The summed E-state index contributed by atoms with van der Waals surface area (Å²) in [6, 6.07) is 10.7. The van der Waals surface area contributed by atoms with Gasteiger partial charge in [-0.1, -0.05) is 17.7 Å². The van der Waals surface area contributed by atoms with Crippen LogP contribution in [0, 0.1) is 11.8 Å². The van der Waals surface area contributed by atoms with Gasteiger partial charge in [0, 0.05) is 24.1 Å². The summed E-state index contributed by atoms with van der Waals surface area (Å²) in [7, 11) is 3.03. The quantitative estimate of drug-likeness (QED) is 0.353. The Morgan fingerprint density at radius 3 is 2.49 bits per heavy atom. The molecule has 2 aromatic rings. The van der Waals surface area contributed by atoms with E-state index in [1.54, 1.807) is 25.3 Å². The van der Waals surface area contributed by atoms with E-state index in [1.807, 2.05) is 25.1 Å². The van der Waals surface area contributed by atoms with E-state index in [4.69, 9.17) is 21.1 Å². The molecule has 1 saturated carbocycles. The molecule has 2 aromatic carbocycles. The Hall–Kier alpha value is -3.06. The molecule has 3 rings (SSSR count). The van der Waals surface area contributed by atoms with Crippen molar-refractivity contribution in [2.75, 3.05) is 26.1 Å².